The van der Waals surface area contributed by atoms with Crippen LogP contribution in [0, 0.1) is 0 Å². The molecule has 0 amide bonds. The normalized spacial score (nSPS) is 11.8. The summed E-state index contributed by atoms with van der Waals surface area (Å²) in [5, 5.41) is 7.37. The zero-order valence-electron chi connectivity index (χ0n) is 33.9. The summed E-state index contributed by atoms with van der Waals surface area (Å²) in [6.45, 7) is 0. The molecule has 0 aliphatic rings. The van der Waals surface area contributed by atoms with Crippen molar-refractivity contribution >= 4 is 75.1 Å². The molecule has 0 fully saturated rings. The van der Waals surface area contributed by atoms with Gasteiger partial charge in [0.1, 0.15) is 0 Å². The molecule has 294 valence electrons. The summed E-state index contributed by atoms with van der Waals surface area (Å²) in [5.74, 6) is 1.92. The average molecular weight is 822 g/mol. The van der Waals surface area contributed by atoms with Gasteiger partial charge in [-0.05, 0) is 53.6 Å². The van der Waals surface area contributed by atoms with E-state index in [-0.39, 0.29) is 0 Å². The second kappa shape index (κ2) is 14.2. The molecule has 0 N–H and O–H groups in total. The largest absolute Gasteiger partial charge is 0.308 e. The third-order valence-corrected chi connectivity index (χ3v) is 13.6. The van der Waals surface area contributed by atoms with Gasteiger partial charge in [0.15, 0.2) is 17.5 Å². The summed E-state index contributed by atoms with van der Waals surface area (Å²) in [6, 6.07) is 75.5. The third kappa shape index (κ3) is 5.66. The van der Waals surface area contributed by atoms with Gasteiger partial charge < -0.3 is 9.13 Å². The van der Waals surface area contributed by atoms with Crippen LogP contribution in [0.15, 0.2) is 212 Å². The van der Waals surface area contributed by atoms with Crippen LogP contribution in [0.25, 0.3) is 120 Å². The van der Waals surface area contributed by atoms with Gasteiger partial charge in [-0.25, -0.2) is 15.0 Å². The first-order chi connectivity index (χ1) is 31.2. The number of hydrogen-bond donors (Lipinski definition) is 0. The van der Waals surface area contributed by atoms with Crippen molar-refractivity contribution in [3.05, 3.63) is 212 Å². The molecule has 0 saturated heterocycles. The van der Waals surface area contributed by atoms with Crippen molar-refractivity contribution in [3.8, 4) is 56.7 Å². The van der Waals surface area contributed by atoms with Crippen molar-refractivity contribution in [1.82, 2.24) is 24.1 Å². The van der Waals surface area contributed by atoms with Crippen molar-refractivity contribution in [2.75, 3.05) is 0 Å². The van der Waals surface area contributed by atoms with Gasteiger partial charge >= 0.3 is 0 Å². The molecule has 0 bridgehead atoms. The fourth-order valence-electron chi connectivity index (χ4n) is 9.48. The fourth-order valence-corrected chi connectivity index (χ4v) is 10.8. The average Bonchev–Trinajstić information content (AvgIpc) is 4.02. The maximum absolute atomic E-state index is 5.11. The molecule has 63 heavy (non-hydrogen) atoms. The van der Waals surface area contributed by atoms with E-state index in [4.69, 9.17) is 15.0 Å². The monoisotopic (exact) mass is 821 g/mol. The molecule has 0 spiro atoms. The molecule has 4 heterocycles. The lowest BCUT2D eigenvalue weighted by Gasteiger charge is -2.10. The number of thiophene rings is 1. The van der Waals surface area contributed by atoms with E-state index < -0.39 is 0 Å². The summed E-state index contributed by atoms with van der Waals surface area (Å²) in [4.78, 5) is 15.2. The second-order valence-electron chi connectivity index (χ2n) is 16.0. The Bertz CT molecular complexity index is 3830. The SMILES string of the molecule is c1ccc(-c2ccc3c(c2)c2ccccc2n3-c2cccc3c2sc2c3ccc3c4ccc(-c5nc(-c6ccccc6)nc(-c6ccccc6)n5)cc4n(-c4ccccc4)c32)cc1. The van der Waals surface area contributed by atoms with Gasteiger partial charge in [-0.3, -0.25) is 0 Å². The van der Waals surface area contributed by atoms with E-state index in [1.165, 1.54) is 75.1 Å². The first-order valence-electron chi connectivity index (χ1n) is 21.2. The molecule has 0 aliphatic heterocycles. The summed E-state index contributed by atoms with van der Waals surface area (Å²) in [6.07, 6.45) is 0. The third-order valence-electron chi connectivity index (χ3n) is 12.4. The summed E-state index contributed by atoms with van der Waals surface area (Å²) < 4.78 is 7.42. The van der Waals surface area contributed by atoms with E-state index in [1.54, 1.807) is 0 Å². The van der Waals surface area contributed by atoms with Gasteiger partial charge in [-0.2, -0.15) is 0 Å². The first kappa shape index (κ1) is 35.6. The van der Waals surface area contributed by atoms with Crippen LogP contribution in [0.1, 0.15) is 0 Å². The lowest BCUT2D eigenvalue weighted by atomic mass is 10.0. The van der Waals surface area contributed by atoms with E-state index in [2.05, 4.69) is 185 Å². The van der Waals surface area contributed by atoms with Crippen LogP contribution >= 0.6 is 11.3 Å². The van der Waals surface area contributed by atoms with Crippen LogP contribution in [0.3, 0.4) is 0 Å². The fraction of sp³-hybridized carbons (Fsp3) is 0. The number of benzene rings is 9. The van der Waals surface area contributed by atoms with Crippen molar-refractivity contribution < 1.29 is 0 Å². The molecule has 0 saturated carbocycles. The predicted octanol–water partition coefficient (Wildman–Crippen LogP) is 15.1. The lowest BCUT2D eigenvalue weighted by molar-refractivity contribution is 1.07. The van der Waals surface area contributed by atoms with Gasteiger partial charge in [0.2, 0.25) is 0 Å². The molecule has 5 nitrogen and oxygen atoms in total. The minimum Gasteiger partial charge on any atom is -0.308 e. The minimum atomic E-state index is 0.633. The van der Waals surface area contributed by atoms with Gasteiger partial charge in [0, 0.05) is 54.7 Å². The highest BCUT2D eigenvalue weighted by atomic mass is 32.1. The molecule has 0 unspecified atom stereocenters. The first-order valence-corrected chi connectivity index (χ1v) is 22.0. The van der Waals surface area contributed by atoms with Crippen LogP contribution < -0.4 is 0 Å². The zero-order chi connectivity index (χ0) is 41.4. The second-order valence-corrected chi connectivity index (χ2v) is 17.0. The Kier molecular flexibility index (Phi) is 8.01. The number of para-hydroxylation sites is 2. The van der Waals surface area contributed by atoms with Crippen LogP contribution in [-0.4, -0.2) is 24.1 Å². The quantitative estimate of drug-likeness (QED) is 0.168. The summed E-state index contributed by atoms with van der Waals surface area (Å²) in [5.41, 5.74) is 12.2. The number of nitrogens with zero attached hydrogens (tertiary/aromatic N) is 5. The van der Waals surface area contributed by atoms with E-state index >= 15 is 0 Å². The van der Waals surface area contributed by atoms with E-state index in [1.807, 2.05) is 47.7 Å². The van der Waals surface area contributed by atoms with E-state index in [9.17, 15) is 0 Å². The lowest BCUT2D eigenvalue weighted by Crippen LogP contribution is -2.00. The van der Waals surface area contributed by atoms with Gasteiger partial charge in [0.25, 0.3) is 0 Å². The molecule has 13 rings (SSSR count). The Morgan fingerprint density at radius 1 is 0.302 bits per heavy atom. The number of aromatic nitrogens is 5. The van der Waals surface area contributed by atoms with E-state index in [0.29, 0.717) is 17.5 Å². The van der Waals surface area contributed by atoms with Gasteiger partial charge in [-0.15, -0.1) is 11.3 Å². The Labute approximate surface area is 366 Å². The summed E-state index contributed by atoms with van der Waals surface area (Å²) in [7, 11) is 0. The molecule has 0 radical (unpaired) electrons. The van der Waals surface area contributed by atoms with Crippen molar-refractivity contribution in [2.24, 2.45) is 0 Å². The highest BCUT2D eigenvalue weighted by Gasteiger charge is 2.22. The molecular formula is C57H35N5S. The van der Waals surface area contributed by atoms with Crippen LogP contribution in [0.2, 0.25) is 0 Å². The summed E-state index contributed by atoms with van der Waals surface area (Å²) >= 11 is 1.88. The molecule has 9 aromatic carbocycles. The van der Waals surface area contributed by atoms with Crippen LogP contribution in [0.5, 0.6) is 0 Å². The minimum absolute atomic E-state index is 0.633. The molecule has 0 aliphatic carbocycles. The van der Waals surface area contributed by atoms with Gasteiger partial charge in [0.05, 0.1) is 37.2 Å². The molecule has 6 heteroatoms. The molecular weight excluding hydrogens is 787 g/mol. The number of fused-ring (bicyclic) bond motifs is 10. The Morgan fingerprint density at radius 2 is 0.825 bits per heavy atom. The van der Waals surface area contributed by atoms with Crippen molar-refractivity contribution in [2.45, 2.75) is 0 Å². The molecule has 4 aromatic heterocycles. The smallest absolute Gasteiger partial charge is 0.164 e. The predicted molar refractivity (Wildman–Crippen MR) is 263 cm³/mol. The highest BCUT2D eigenvalue weighted by Crippen LogP contribution is 2.46. The number of rotatable bonds is 6. The van der Waals surface area contributed by atoms with Crippen molar-refractivity contribution in [1.29, 1.82) is 0 Å². The Hall–Kier alpha value is -8.19. The molecule has 13 aromatic rings. The van der Waals surface area contributed by atoms with Gasteiger partial charge in [-0.1, -0.05) is 170 Å². The van der Waals surface area contributed by atoms with Crippen LogP contribution in [-0.2, 0) is 0 Å². The maximum atomic E-state index is 5.11. The highest BCUT2D eigenvalue weighted by molar-refractivity contribution is 7.27. The topological polar surface area (TPSA) is 48.5 Å². The van der Waals surface area contributed by atoms with Crippen molar-refractivity contribution in [3.63, 3.8) is 0 Å². The van der Waals surface area contributed by atoms with Crippen LogP contribution in [0.4, 0.5) is 0 Å². The molecule has 0 atom stereocenters. The number of hydrogen-bond acceptors (Lipinski definition) is 4. The standard InChI is InChI=1S/C57H35N5S/c1-5-16-36(17-6-1)39-29-33-49-47(34-39)42-24-13-14-26-48(42)62(49)50-27-15-25-45-46-32-31-44-43-30-28-40(35-51(43)61(41-22-11-4-12-23-41)52(44)54(46)63-53(45)50)57-59-55(37-18-7-2-8-19-37)58-56(60-57)38-20-9-3-10-21-38/h1-35H. The maximum Gasteiger partial charge on any atom is 0.164 e. The zero-order valence-corrected chi connectivity index (χ0v) is 34.7. The Balaban J connectivity index is 1.05. The Morgan fingerprint density at radius 3 is 1.54 bits per heavy atom. The van der Waals surface area contributed by atoms with E-state index in [0.717, 1.165) is 27.9 Å².